The van der Waals surface area contributed by atoms with Crippen LogP contribution in [0.3, 0.4) is 0 Å². The van der Waals surface area contributed by atoms with E-state index in [9.17, 15) is 4.79 Å². The van der Waals surface area contributed by atoms with Crippen molar-refractivity contribution in [2.75, 3.05) is 13.6 Å². The molecular formula is C13H28N2O. The highest BCUT2D eigenvalue weighted by atomic mass is 16.1. The smallest absolute Gasteiger partial charge is 0.220 e. The van der Waals surface area contributed by atoms with Gasteiger partial charge in [-0.15, -0.1) is 0 Å². The fraction of sp³-hybridized carbons (Fsp3) is 0.923. The third kappa shape index (κ3) is 6.11. The van der Waals surface area contributed by atoms with Gasteiger partial charge in [-0.2, -0.15) is 0 Å². The molecule has 0 aliphatic heterocycles. The lowest BCUT2D eigenvalue weighted by atomic mass is 9.84. The molecule has 0 fully saturated rings. The third-order valence-corrected chi connectivity index (χ3v) is 3.37. The second-order valence-corrected chi connectivity index (χ2v) is 5.31. The van der Waals surface area contributed by atoms with Crippen LogP contribution in [0, 0.1) is 17.8 Å². The average Bonchev–Trinajstić information content (AvgIpc) is 2.16. The van der Waals surface area contributed by atoms with Crippen molar-refractivity contribution < 1.29 is 4.79 Å². The van der Waals surface area contributed by atoms with Crippen molar-refractivity contribution in [1.29, 1.82) is 0 Å². The molecule has 0 saturated heterocycles. The van der Waals surface area contributed by atoms with Crippen LogP contribution >= 0.6 is 0 Å². The molecule has 3 heteroatoms. The second kappa shape index (κ2) is 7.66. The van der Waals surface area contributed by atoms with Crippen LogP contribution in [0.25, 0.3) is 0 Å². The first-order valence-corrected chi connectivity index (χ1v) is 6.32. The summed E-state index contributed by atoms with van der Waals surface area (Å²) in [4.78, 5) is 11.7. The average molecular weight is 228 g/mol. The lowest BCUT2D eigenvalue weighted by molar-refractivity contribution is -0.122. The van der Waals surface area contributed by atoms with Gasteiger partial charge in [0.15, 0.2) is 0 Å². The molecule has 0 aliphatic carbocycles. The molecule has 0 rings (SSSR count). The molecule has 1 amide bonds. The molecule has 0 bridgehead atoms. The maximum Gasteiger partial charge on any atom is 0.220 e. The van der Waals surface area contributed by atoms with Crippen LogP contribution in [0.4, 0.5) is 0 Å². The molecule has 0 aromatic rings. The highest BCUT2D eigenvalue weighted by molar-refractivity contribution is 5.76. The quantitative estimate of drug-likeness (QED) is 0.700. The molecule has 3 unspecified atom stereocenters. The minimum atomic E-state index is 0.169. The first kappa shape index (κ1) is 15.4. The van der Waals surface area contributed by atoms with Crippen LogP contribution in [0.5, 0.6) is 0 Å². The van der Waals surface area contributed by atoms with Gasteiger partial charge in [-0.1, -0.05) is 27.7 Å². The summed E-state index contributed by atoms with van der Waals surface area (Å²) in [6.45, 7) is 11.6. The Kier molecular flexibility index (Phi) is 7.39. The summed E-state index contributed by atoms with van der Waals surface area (Å²) in [6.07, 6.45) is 0.632. The van der Waals surface area contributed by atoms with Crippen LogP contribution in [-0.2, 0) is 4.79 Å². The molecule has 96 valence electrons. The monoisotopic (exact) mass is 228 g/mol. The van der Waals surface area contributed by atoms with Crippen LogP contribution in [0.15, 0.2) is 0 Å². The Morgan fingerprint density at radius 1 is 1.12 bits per heavy atom. The minimum absolute atomic E-state index is 0.169. The van der Waals surface area contributed by atoms with Crippen LogP contribution in [0.2, 0.25) is 0 Å². The van der Waals surface area contributed by atoms with Crippen molar-refractivity contribution in [3.05, 3.63) is 0 Å². The largest absolute Gasteiger partial charge is 0.352 e. The van der Waals surface area contributed by atoms with Gasteiger partial charge in [0.2, 0.25) is 5.91 Å². The molecular weight excluding hydrogens is 200 g/mol. The molecule has 0 saturated carbocycles. The van der Waals surface area contributed by atoms with E-state index in [2.05, 4.69) is 38.3 Å². The van der Waals surface area contributed by atoms with Gasteiger partial charge in [0.05, 0.1) is 0 Å². The predicted molar refractivity (Wildman–Crippen MR) is 69.3 cm³/mol. The van der Waals surface area contributed by atoms with Crippen molar-refractivity contribution >= 4 is 5.91 Å². The SMILES string of the molecule is CNCC(C)NC(=O)CC(C)C(C)C(C)C. The summed E-state index contributed by atoms with van der Waals surface area (Å²) in [5.41, 5.74) is 0. The zero-order valence-corrected chi connectivity index (χ0v) is 11.6. The van der Waals surface area contributed by atoms with Crippen molar-refractivity contribution in [1.82, 2.24) is 10.6 Å². The number of rotatable bonds is 7. The maximum absolute atomic E-state index is 11.7. The standard InChI is InChI=1S/C13H28N2O/c1-9(2)12(5)10(3)7-13(16)15-11(4)8-14-6/h9-12,14H,7-8H2,1-6H3,(H,15,16). The van der Waals surface area contributed by atoms with Gasteiger partial charge < -0.3 is 10.6 Å². The summed E-state index contributed by atoms with van der Waals surface area (Å²) in [5.74, 6) is 1.84. The molecule has 16 heavy (non-hydrogen) atoms. The summed E-state index contributed by atoms with van der Waals surface area (Å²) in [7, 11) is 1.89. The predicted octanol–water partition coefficient (Wildman–Crippen LogP) is 2.03. The lowest BCUT2D eigenvalue weighted by Gasteiger charge is -2.23. The Hall–Kier alpha value is -0.570. The highest BCUT2D eigenvalue weighted by Gasteiger charge is 2.19. The molecule has 0 heterocycles. The Morgan fingerprint density at radius 2 is 1.69 bits per heavy atom. The van der Waals surface area contributed by atoms with Crippen LogP contribution in [-0.4, -0.2) is 25.5 Å². The first-order chi connectivity index (χ1) is 7.38. The van der Waals surface area contributed by atoms with Gasteiger partial charge in [-0.05, 0) is 31.7 Å². The van der Waals surface area contributed by atoms with Gasteiger partial charge in [-0.3, -0.25) is 4.79 Å². The van der Waals surface area contributed by atoms with Gasteiger partial charge in [-0.25, -0.2) is 0 Å². The Balaban J connectivity index is 3.95. The Bertz CT molecular complexity index is 204. The number of nitrogens with one attached hydrogen (secondary N) is 2. The van der Waals surface area contributed by atoms with E-state index < -0.39 is 0 Å². The highest BCUT2D eigenvalue weighted by Crippen LogP contribution is 2.22. The molecule has 0 spiro atoms. The van der Waals surface area contributed by atoms with E-state index in [0.717, 1.165) is 6.54 Å². The van der Waals surface area contributed by atoms with Crippen molar-refractivity contribution in [3.63, 3.8) is 0 Å². The van der Waals surface area contributed by atoms with E-state index in [1.165, 1.54) is 0 Å². The molecule has 2 N–H and O–H groups in total. The first-order valence-electron chi connectivity index (χ1n) is 6.32. The number of hydrogen-bond donors (Lipinski definition) is 2. The van der Waals surface area contributed by atoms with E-state index in [-0.39, 0.29) is 11.9 Å². The molecule has 0 aromatic heterocycles. The molecule has 0 aliphatic rings. The minimum Gasteiger partial charge on any atom is -0.352 e. The molecule has 0 radical (unpaired) electrons. The van der Waals surface area contributed by atoms with E-state index in [0.29, 0.717) is 24.2 Å². The third-order valence-electron chi connectivity index (χ3n) is 3.37. The summed E-state index contributed by atoms with van der Waals surface area (Å²) >= 11 is 0. The van der Waals surface area contributed by atoms with E-state index in [1.54, 1.807) is 0 Å². The van der Waals surface area contributed by atoms with E-state index in [1.807, 2.05) is 14.0 Å². The van der Waals surface area contributed by atoms with Crippen LogP contribution < -0.4 is 10.6 Å². The number of likely N-dealkylation sites (N-methyl/N-ethyl adjacent to an activating group) is 1. The number of hydrogen-bond acceptors (Lipinski definition) is 2. The zero-order valence-electron chi connectivity index (χ0n) is 11.6. The molecule has 3 nitrogen and oxygen atoms in total. The normalized spacial score (nSPS) is 16.9. The van der Waals surface area contributed by atoms with Gasteiger partial charge in [0.1, 0.15) is 0 Å². The second-order valence-electron chi connectivity index (χ2n) is 5.31. The van der Waals surface area contributed by atoms with Gasteiger partial charge in [0.25, 0.3) is 0 Å². The molecule has 3 atom stereocenters. The summed E-state index contributed by atoms with van der Waals surface area (Å²) in [6, 6.07) is 0.207. The fourth-order valence-electron chi connectivity index (χ4n) is 1.83. The Labute approximate surface area is 100 Å². The van der Waals surface area contributed by atoms with E-state index >= 15 is 0 Å². The topological polar surface area (TPSA) is 41.1 Å². The van der Waals surface area contributed by atoms with Crippen molar-refractivity contribution in [3.8, 4) is 0 Å². The number of carbonyl (C=O) groups is 1. The number of carbonyl (C=O) groups excluding carboxylic acids is 1. The van der Waals surface area contributed by atoms with Crippen molar-refractivity contribution in [2.24, 2.45) is 17.8 Å². The summed E-state index contributed by atoms with van der Waals surface area (Å²) < 4.78 is 0. The van der Waals surface area contributed by atoms with Gasteiger partial charge in [0, 0.05) is 19.0 Å². The fourth-order valence-corrected chi connectivity index (χ4v) is 1.83. The lowest BCUT2D eigenvalue weighted by Crippen LogP contribution is -2.39. The van der Waals surface area contributed by atoms with Crippen molar-refractivity contribution in [2.45, 2.75) is 47.1 Å². The van der Waals surface area contributed by atoms with E-state index in [4.69, 9.17) is 0 Å². The maximum atomic E-state index is 11.7. The number of amides is 1. The van der Waals surface area contributed by atoms with Crippen LogP contribution in [0.1, 0.15) is 41.0 Å². The zero-order chi connectivity index (χ0) is 12.7. The van der Waals surface area contributed by atoms with Gasteiger partial charge >= 0.3 is 0 Å². The molecule has 0 aromatic carbocycles. The summed E-state index contributed by atoms with van der Waals surface area (Å²) in [5, 5.41) is 6.06. The Morgan fingerprint density at radius 3 is 2.12 bits per heavy atom.